The molecule has 2 aliphatic heterocycles. The van der Waals surface area contributed by atoms with Gasteiger partial charge in [0.25, 0.3) is 0 Å². The molecule has 2 aliphatic rings. The third kappa shape index (κ3) is 1.26. The van der Waals surface area contributed by atoms with Crippen molar-refractivity contribution in [2.45, 2.75) is 18.6 Å². The molecule has 0 radical (unpaired) electrons. The van der Waals surface area contributed by atoms with Crippen LogP contribution in [-0.4, -0.2) is 13.2 Å². The van der Waals surface area contributed by atoms with Crippen molar-refractivity contribution >= 4 is 0 Å². The lowest BCUT2D eigenvalue weighted by atomic mass is 9.99. The van der Waals surface area contributed by atoms with Crippen LogP contribution in [0.15, 0.2) is 24.3 Å². The first-order chi connectivity index (χ1) is 6.28. The molecule has 0 N–H and O–H groups in total. The molecule has 2 heteroatoms. The molecule has 0 saturated carbocycles. The van der Waals surface area contributed by atoms with Gasteiger partial charge in [0.1, 0.15) is 11.7 Å². The summed E-state index contributed by atoms with van der Waals surface area (Å²) >= 11 is 0. The van der Waals surface area contributed by atoms with Gasteiger partial charge in [0, 0.05) is 0 Å². The molecule has 1 aromatic carbocycles. The van der Waals surface area contributed by atoms with E-state index >= 15 is 0 Å². The molecule has 2 atom stereocenters. The number of hydrogen-bond acceptors (Lipinski definition) is 2. The SMILES string of the molecule is CC1(c2cccc(C3CO3)c2)CO1. The molecule has 0 aliphatic carbocycles. The minimum atomic E-state index is -0.00903. The predicted molar refractivity (Wildman–Crippen MR) is 48.4 cm³/mol. The maximum Gasteiger partial charge on any atom is 0.114 e. The average Bonchev–Trinajstić information content (AvgIpc) is 2.99. The Morgan fingerprint density at radius 1 is 1.46 bits per heavy atom. The summed E-state index contributed by atoms with van der Waals surface area (Å²) in [5.74, 6) is 0. The molecule has 2 heterocycles. The number of hydrogen-bond donors (Lipinski definition) is 0. The van der Waals surface area contributed by atoms with Crippen molar-refractivity contribution in [2.24, 2.45) is 0 Å². The number of benzene rings is 1. The second-order valence-electron chi connectivity index (χ2n) is 3.97. The van der Waals surface area contributed by atoms with Crippen molar-refractivity contribution in [3.8, 4) is 0 Å². The normalized spacial score (nSPS) is 35.9. The number of ether oxygens (including phenoxy) is 2. The van der Waals surface area contributed by atoms with Gasteiger partial charge >= 0.3 is 0 Å². The van der Waals surface area contributed by atoms with E-state index in [0.29, 0.717) is 6.10 Å². The monoisotopic (exact) mass is 176 g/mol. The van der Waals surface area contributed by atoms with E-state index < -0.39 is 0 Å². The second-order valence-corrected chi connectivity index (χ2v) is 3.97. The molecular formula is C11H12O2. The van der Waals surface area contributed by atoms with Gasteiger partial charge in [-0.3, -0.25) is 0 Å². The molecule has 0 spiro atoms. The fraction of sp³-hybridized carbons (Fsp3) is 0.455. The number of rotatable bonds is 2. The zero-order valence-corrected chi connectivity index (χ0v) is 7.62. The Balaban J connectivity index is 1.96. The third-order valence-electron chi connectivity index (χ3n) is 2.78. The quantitative estimate of drug-likeness (QED) is 0.644. The van der Waals surface area contributed by atoms with Gasteiger partial charge in [0.05, 0.1) is 13.2 Å². The molecular weight excluding hydrogens is 164 g/mol. The van der Waals surface area contributed by atoms with Gasteiger partial charge in [-0.15, -0.1) is 0 Å². The van der Waals surface area contributed by atoms with E-state index in [1.165, 1.54) is 11.1 Å². The summed E-state index contributed by atoms with van der Waals surface area (Å²) in [6.07, 6.45) is 0.349. The molecule has 2 nitrogen and oxygen atoms in total. The van der Waals surface area contributed by atoms with Crippen LogP contribution >= 0.6 is 0 Å². The van der Waals surface area contributed by atoms with Gasteiger partial charge in [-0.25, -0.2) is 0 Å². The second kappa shape index (κ2) is 2.34. The van der Waals surface area contributed by atoms with Gasteiger partial charge in [-0.1, -0.05) is 24.3 Å². The van der Waals surface area contributed by atoms with Crippen LogP contribution in [0.25, 0.3) is 0 Å². The summed E-state index contributed by atoms with van der Waals surface area (Å²) in [7, 11) is 0. The van der Waals surface area contributed by atoms with E-state index in [1.54, 1.807) is 0 Å². The highest BCUT2D eigenvalue weighted by atomic mass is 16.6. The highest BCUT2D eigenvalue weighted by molar-refractivity contribution is 5.32. The van der Waals surface area contributed by atoms with E-state index in [-0.39, 0.29) is 5.60 Å². The standard InChI is InChI=1S/C11H12O2/c1-11(7-13-11)9-4-2-3-8(5-9)10-6-12-10/h2-5,10H,6-7H2,1H3. The van der Waals surface area contributed by atoms with Crippen molar-refractivity contribution < 1.29 is 9.47 Å². The van der Waals surface area contributed by atoms with Gasteiger partial charge in [-0.05, 0) is 18.1 Å². The first-order valence-electron chi connectivity index (χ1n) is 4.64. The van der Waals surface area contributed by atoms with Crippen LogP contribution in [0, 0.1) is 0 Å². The third-order valence-corrected chi connectivity index (χ3v) is 2.78. The van der Waals surface area contributed by atoms with Crippen LogP contribution in [-0.2, 0) is 15.1 Å². The zero-order valence-electron chi connectivity index (χ0n) is 7.62. The molecule has 0 bridgehead atoms. The minimum absolute atomic E-state index is 0.00903. The molecule has 1 aromatic rings. The van der Waals surface area contributed by atoms with Gasteiger partial charge in [0.2, 0.25) is 0 Å². The molecule has 2 fully saturated rings. The molecule has 13 heavy (non-hydrogen) atoms. The highest BCUT2D eigenvalue weighted by Crippen LogP contribution is 2.40. The van der Waals surface area contributed by atoms with Gasteiger partial charge < -0.3 is 9.47 Å². The van der Waals surface area contributed by atoms with Crippen molar-refractivity contribution in [3.05, 3.63) is 35.4 Å². The maximum absolute atomic E-state index is 5.40. The average molecular weight is 176 g/mol. The Labute approximate surface area is 77.5 Å². The minimum Gasteiger partial charge on any atom is -0.368 e. The highest BCUT2D eigenvalue weighted by Gasteiger charge is 2.41. The van der Waals surface area contributed by atoms with Crippen LogP contribution in [0.4, 0.5) is 0 Å². The van der Waals surface area contributed by atoms with E-state index in [1.807, 2.05) is 0 Å². The van der Waals surface area contributed by atoms with Gasteiger partial charge in [0.15, 0.2) is 0 Å². The van der Waals surface area contributed by atoms with Crippen LogP contribution < -0.4 is 0 Å². The summed E-state index contributed by atoms with van der Waals surface area (Å²) in [5.41, 5.74) is 2.56. The smallest absolute Gasteiger partial charge is 0.114 e. The molecule has 68 valence electrons. The van der Waals surface area contributed by atoms with Gasteiger partial charge in [-0.2, -0.15) is 0 Å². The molecule has 2 unspecified atom stereocenters. The number of epoxide rings is 2. The first kappa shape index (κ1) is 7.54. The first-order valence-corrected chi connectivity index (χ1v) is 4.64. The fourth-order valence-corrected chi connectivity index (χ4v) is 1.58. The zero-order chi connectivity index (χ0) is 8.89. The van der Waals surface area contributed by atoms with Crippen LogP contribution in [0.2, 0.25) is 0 Å². The lowest BCUT2D eigenvalue weighted by Gasteiger charge is -2.06. The Hall–Kier alpha value is -0.860. The molecule has 0 amide bonds. The summed E-state index contributed by atoms with van der Waals surface area (Å²) in [6, 6.07) is 8.52. The predicted octanol–water partition coefficient (Wildman–Crippen LogP) is 2.00. The van der Waals surface area contributed by atoms with Crippen molar-refractivity contribution in [2.75, 3.05) is 13.2 Å². The van der Waals surface area contributed by atoms with E-state index in [0.717, 1.165) is 13.2 Å². The van der Waals surface area contributed by atoms with Crippen LogP contribution in [0.5, 0.6) is 0 Å². The Kier molecular flexibility index (Phi) is 1.35. The molecule has 3 rings (SSSR count). The summed E-state index contributed by atoms with van der Waals surface area (Å²) in [4.78, 5) is 0. The topological polar surface area (TPSA) is 25.1 Å². The summed E-state index contributed by atoms with van der Waals surface area (Å²) < 4.78 is 10.6. The lowest BCUT2D eigenvalue weighted by Crippen LogP contribution is -2.02. The maximum atomic E-state index is 5.40. The summed E-state index contributed by atoms with van der Waals surface area (Å²) in [6.45, 7) is 3.85. The van der Waals surface area contributed by atoms with Crippen molar-refractivity contribution in [1.82, 2.24) is 0 Å². The van der Waals surface area contributed by atoms with Crippen molar-refractivity contribution in [1.29, 1.82) is 0 Å². The fourth-order valence-electron chi connectivity index (χ4n) is 1.58. The Morgan fingerprint density at radius 2 is 2.23 bits per heavy atom. The molecule has 0 aromatic heterocycles. The Morgan fingerprint density at radius 3 is 2.85 bits per heavy atom. The summed E-state index contributed by atoms with van der Waals surface area (Å²) in [5, 5.41) is 0. The lowest BCUT2D eigenvalue weighted by molar-refractivity contribution is 0.329. The largest absolute Gasteiger partial charge is 0.368 e. The molecule has 2 saturated heterocycles. The van der Waals surface area contributed by atoms with Crippen LogP contribution in [0.1, 0.15) is 24.2 Å². The van der Waals surface area contributed by atoms with E-state index in [9.17, 15) is 0 Å². The van der Waals surface area contributed by atoms with E-state index in [4.69, 9.17) is 9.47 Å². The van der Waals surface area contributed by atoms with Crippen molar-refractivity contribution in [3.63, 3.8) is 0 Å². The Bertz CT molecular complexity index is 338. The van der Waals surface area contributed by atoms with Crippen LogP contribution in [0.3, 0.4) is 0 Å². The van der Waals surface area contributed by atoms with E-state index in [2.05, 4.69) is 31.2 Å².